The van der Waals surface area contributed by atoms with Crippen LogP contribution in [0.5, 0.6) is 0 Å². The average molecular weight is 196 g/mol. The molecule has 0 radical (unpaired) electrons. The normalized spacial score (nSPS) is 27.6. The molecule has 0 aromatic rings. The molecule has 1 rings (SSSR count). The zero-order chi connectivity index (χ0) is 10.4. The highest BCUT2D eigenvalue weighted by atomic mass is 16.1. The number of carbonyl (C=O) groups excluding carboxylic acids is 1. The van der Waals surface area contributed by atoms with E-state index in [1.165, 1.54) is 25.7 Å². The van der Waals surface area contributed by atoms with Crippen molar-refractivity contribution in [3.63, 3.8) is 0 Å². The van der Waals surface area contributed by atoms with E-state index in [0.717, 1.165) is 31.6 Å². The SMILES string of the molecule is CCCCCC(=O)C1CCC(C)CC1. The fraction of sp³-hybridized carbons (Fsp3) is 0.923. The lowest BCUT2D eigenvalue weighted by Crippen LogP contribution is -2.20. The number of unbranched alkanes of at least 4 members (excludes halogenated alkanes) is 2. The highest BCUT2D eigenvalue weighted by Crippen LogP contribution is 2.29. The van der Waals surface area contributed by atoms with Crippen LogP contribution < -0.4 is 0 Å². The van der Waals surface area contributed by atoms with Gasteiger partial charge in [-0.3, -0.25) is 4.79 Å². The predicted octanol–water partition coefficient (Wildman–Crippen LogP) is 3.96. The number of hydrogen-bond donors (Lipinski definition) is 0. The molecule has 0 spiro atoms. The summed E-state index contributed by atoms with van der Waals surface area (Å²) in [4.78, 5) is 11.8. The molecule has 0 atom stereocenters. The maximum atomic E-state index is 11.8. The summed E-state index contributed by atoms with van der Waals surface area (Å²) in [5, 5.41) is 0. The summed E-state index contributed by atoms with van der Waals surface area (Å²) < 4.78 is 0. The van der Waals surface area contributed by atoms with Gasteiger partial charge >= 0.3 is 0 Å². The van der Waals surface area contributed by atoms with Crippen LogP contribution in [0.1, 0.15) is 65.2 Å². The van der Waals surface area contributed by atoms with Crippen LogP contribution >= 0.6 is 0 Å². The van der Waals surface area contributed by atoms with Crippen LogP contribution in [-0.4, -0.2) is 5.78 Å². The molecule has 0 aromatic carbocycles. The Labute approximate surface area is 88.3 Å². The van der Waals surface area contributed by atoms with E-state index in [9.17, 15) is 4.79 Å². The summed E-state index contributed by atoms with van der Waals surface area (Å²) in [7, 11) is 0. The molecule has 0 bridgehead atoms. The van der Waals surface area contributed by atoms with Crippen molar-refractivity contribution in [1.29, 1.82) is 0 Å². The molecular formula is C13H24O. The third kappa shape index (κ3) is 3.81. The fourth-order valence-corrected chi connectivity index (χ4v) is 2.34. The first kappa shape index (κ1) is 11.7. The van der Waals surface area contributed by atoms with Gasteiger partial charge in [-0.25, -0.2) is 0 Å². The van der Waals surface area contributed by atoms with Crippen LogP contribution in [0.4, 0.5) is 0 Å². The quantitative estimate of drug-likeness (QED) is 0.608. The van der Waals surface area contributed by atoms with Gasteiger partial charge in [-0.05, 0) is 25.2 Å². The molecule has 1 nitrogen and oxygen atoms in total. The molecule has 14 heavy (non-hydrogen) atoms. The second-order valence-electron chi connectivity index (χ2n) is 4.88. The second-order valence-corrected chi connectivity index (χ2v) is 4.88. The van der Waals surface area contributed by atoms with E-state index in [0.29, 0.717) is 11.7 Å². The number of rotatable bonds is 5. The third-order valence-electron chi connectivity index (χ3n) is 3.50. The van der Waals surface area contributed by atoms with Crippen molar-refractivity contribution in [2.75, 3.05) is 0 Å². The zero-order valence-electron chi connectivity index (χ0n) is 9.72. The van der Waals surface area contributed by atoms with Gasteiger partial charge in [-0.2, -0.15) is 0 Å². The molecule has 0 unspecified atom stereocenters. The van der Waals surface area contributed by atoms with Gasteiger partial charge in [0.1, 0.15) is 5.78 Å². The summed E-state index contributed by atoms with van der Waals surface area (Å²) in [6, 6.07) is 0. The first-order valence-electron chi connectivity index (χ1n) is 6.26. The summed E-state index contributed by atoms with van der Waals surface area (Å²) in [5.41, 5.74) is 0. The molecule has 1 heteroatoms. The van der Waals surface area contributed by atoms with E-state index in [1.54, 1.807) is 0 Å². The van der Waals surface area contributed by atoms with E-state index in [-0.39, 0.29) is 0 Å². The standard InChI is InChI=1S/C13H24O/c1-3-4-5-6-13(14)12-9-7-11(2)8-10-12/h11-12H,3-10H2,1-2H3. The summed E-state index contributed by atoms with van der Waals surface area (Å²) >= 11 is 0. The van der Waals surface area contributed by atoms with Crippen molar-refractivity contribution in [2.24, 2.45) is 11.8 Å². The minimum Gasteiger partial charge on any atom is -0.299 e. The van der Waals surface area contributed by atoms with Crippen LogP contribution in [0.3, 0.4) is 0 Å². The van der Waals surface area contributed by atoms with Crippen LogP contribution in [0.15, 0.2) is 0 Å². The molecule has 0 heterocycles. The Bertz CT molecular complexity index is 166. The van der Waals surface area contributed by atoms with Gasteiger partial charge in [0.25, 0.3) is 0 Å². The smallest absolute Gasteiger partial charge is 0.135 e. The lowest BCUT2D eigenvalue weighted by molar-refractivity contribution is -0.124. The minimum absolute atomic E-state index is 0.419. The van der Waals surface area contributed by atoms with E-state index in [2.05, 4.69) is 13.8 Å². The molecule has 0 amide bonds. The van der Waals surface area contributed by atoms with E-state index < -0.39 is 0 Å². The minimum atomic E-state index is 0.419. The molecule has 0 saturated heterocycles. The largest absolute Gasteiger partial charge is 0.299 e. The maximum Gasteiger partial charge on any atom is 0.135 e. The molecular weight excluding hydrogens is 172 g/mol. The predicted molar refractivity (Wildman–Crippen MR) is 60.3 cm³/mol. The van der Waals surface area contributed by atoms with E-state index >= 15 is 0 Å². The Morgan fingerprint density at radius 2 is 1.79 bits per heavy atom. The van der Waals surface area contributed by atoms with Gasteiger partial charge in [0.15, 0.2) is 0 Å². The molecule has 82 valence electrons. The molecule has 0 aliphatic heterocycles. The van der Waals surface area contributed by atoms with Crippen molar-refractivity contribution in [1.82, 2.24) is 0 Å². The zero-order valence-corrected chi connectivity index (χ0v) is 9.72. The Balaban J connectivity index is 2.17. The van der Waals surface area contributed by atoms with Crippen molar-refractivity contribution < 1.29 is 4.79 Å². The Hall–Kier alpha value is -0.330. The molecule has 1 saturated carbocycles. The van der Waals surface area contributed by atoms with Crippen LogP contribution in [0.2, 0.25) is 0 Å². The van der Waals surface area contributed by atoms with Crippen molar-refractivity contribution in [2.45, 2.75) is 65.2 Å². The van der Waals surface area contributed by atoms with Crippen molar-refractivity contribution in [3.05, 3.63) is 0 Å². The Morgan fingerprint density at radius 1 is 1.14 bits per heavy atom. The molecule has 1 aliphatic rings. The number of carbonyl (C=O) groups is 1. The second kappa shape index (κ2) is 6.21. The number of ketones is 1. The molecule has 1 aliphatic carbocycles. The topological polar surface area (TPSA) is 17.1 Å². The van der Waals surface area contributed by atoms with Crippen LogP contribution in [0, 0.1) is 11.8 Å². The van der Waals surface area contributed by atoms with Gasteiger partial charge in [0.05, 0.1) is 0 Å². The lowest BCUT2D eigenvalue weighted by atomic mass is 9.80. The maximum absolute atomic E-state index is 11.8. The summed E-state index contributed by atoms with van der Waals surface area (Å²) in [5.74, 6) is 1.82. The summed E-state index contributed by atoms with van der Waals surface area (Å²) in [6.07, 6.45) is 9.24. The van der Waals surface area contributed by atoms with Crippen LogP contribution in [-0.2, 0) is 4.79 Å². The Kier molecular flexibility index (Phi) is 5.21. The van der Waals surface area contributed by atoms with Gasteiger partial charge < -0.3 is 0 Å². The lowest BCUT2D eigenvalue weighted by Gasteiger charge is -2.24. The highest BCUT2D eigenvalue weighted by molar-refractivity contribution is 5.80. The molecule has 0 aromatic heterocycles. The average Bonchev–Trinajstić information content (AvgIpc) is 2.19. The van der Waals surface area contributed by atoms with E-state index in [4.69, 9.17) is 0 Å². The first-order chi connectivity index (χ1) is 6.74. The molecule has 0 N–H and O–H groups in total. The first-order valence-corrected chi connectivity index (χ1v) is 6.26. The van der Waals surface area contributed by atoms with Crippen molar-refractivity contribution >= 4 is 5.78 Å². The van der Waals surface area contributed by atoms with Gasteiger partial charge in [0, 0.05) is 12.3 Å². The van der Waals surface area contributed by atoms with Gasteiger partial charge in [-0.15, -0.1) is 0 Å². The number of hydrogen-bond acceptors (Lipinski definition) is 1. The Morgan fingerprint density at radius 3 is 2.36 bits per heavy atom. The number of Topliss-reactive ketones (excluding diaryl/α,β-unsaturated/α-hetero) is 1. The van der Waals surface area contributed by atoms with Gasteiger partial charge in [-0.1, -0.05) is 39.5 Å². The van der Waals surface area contributed by atoms with Crippen molar-refractivity contribution in [3.8, 4) is 0 Å². The highest BCUT2D eigenvalue weighted by Gasteiger charge is 2.23. The monoisotopic (exact) mass is 196 g/mol. The fourth-order valence-electron chi connectivity index (χ4n) is 2.34. The van der Waals surface area contributed by atoms with Gasteiger partial charge in [0.2, 0.25) is 0 Å². The van der Waals surface area contributed by atoms with E-state index in [1.807, 2.05) is 0 Å². The van der Waals surface area contributed by atoms with Crippen LogP contribution in [0.25, 0.3) is 0 Å². The third-order valence-corrected chi connectivity index (χ3v) is 3.50. The molecule has 1 fully saturated rings. The summed E-state index contributed by atoms with van der Waals surface area (Å²) in [6.45, 7) is 4.49.